The number of fused-ring (bicyclic) bond motifs is 1. The second kappa shape index (κ2) is 4.95. The van der Waals surface area contributed by atoms with Crippen LogP contribution in [-0.2, 0) is 0 Å². The predicted molar refractivity (Wildman–Crippen MR) is 87.1 cm³/mol. The van der Waals surface area contributed by atoms with E-state index in [0.29, 0.717) is 0 Å². The van der Waals surface area contributed by atoms with Crippen molar-refractivity contribution in [3.63, 3.8) is 0 Å². The summed E-state index contributed by atoms with van der Waals surface area (Å²) < 4.78 is 5.89. The second-order valence-electron chi connectivity index (χ2n) is 5.06. The molecule has 4 aromatic rings. The lowest BCUT2D eigenvalue weighted by atomic mass is 10.00. The van der Waals surface area contributed by atoms with Gasteiger partial charge in [-0.25, -0.2) is 0 Å². The van der Waals surface area contributed by atoms with Crippen LogP contribution in [0.3, 0.4) is 0 Å². The number of para-hydroxylation sites is 1. The Bertz CT molecular complexity index is 874. The minimum Gasteiger partial charge on any atom is -0.463 e. The van der Waals surface area contributed by atoms with Crippen molar-refractivity contribution in [3.05, 3.63) is 85.1 Å². The molecule has 0 radical (unpaired) electrons. The highest BCUT2D eigenvalue weighted by atomic mass is 16.3. The Morgan fingerprint density at radius 2 is 1.14 bits per heavy atom. The Balaban J connectivity index is 1.96. The van der Waals surface area contributed by atoms with Crippen LogP contribution in [0.4, 0.5) is 0 Å². The van der Waals surface area contributed by atoms with Crippen molar-refractivity contribution in [1.29, 1.82) is 0 Å². The maximum Gasteiger partial charge on any atom is 0.142 e. The number of rotatable bonds is 2. The van der Waals surface area contributed by atoms with E-state index in [0.717, 1.165) is 22.1 Å². The van der Waals surface area contributed by atoms with Crippen molar-refractivity contribution < 1.29 is 4.42 Å². The highest BCUT2D eigenvalue weighted by Crippen LogP contribution is 2.36. The molecule has 0 fully saturated rings. The van der Waals surface area contributed by atoms with Gasteiger partial charge in [0.1, 0.15) is 5.58 Å². The third kappa shape index (κ3) is 2.03. The zero-order chi connectivity index (χ0) is 14.1. The third-order valence-corrected chi connectivity index (χ3v) is 3.77. The van der Waals surface area contributed by atoms with Gasteiger partial charge in [-0.1, -0.05) is 78.9 Å². The molecule has 0 N–H and O–H groups in total. The first-order valence-corrected chi connectivity index (χ1v) is 7.04. The summed E-state index contributed by atoms with van der Waals surface area (Å²) in [5.74, 6) is 0. The fourth-order valence-corrected chi connectivity index (χ4v) is 2.74. The number of benzene rings is 3. The number of hydrogen-bond acceptors (Lipinski definition) is 1. The molecule has 0 aliphatic heterocycles. The van der Waals surface area contributed by atoms with Crippen molar-refractivity contribution in [1.82, 2.24) is 0 Å². The van der Waals surface area contributed by atoms with Gasteiger partial charge in [-0.2, -0.15) is 0 Å². The van der Waals surface area contributed by atoms with Crippen LogP contribution in [0.15, 0.2) is 89.5 Å². The van der Waals surface area contributed by atoms with Gasteiger partial charge in [0.05, 0.1) is 6.26 Å². The van der Waals surface area contributed by atoms with Gasteiger partial charge >= 0.3 is 0 Å². The molecule has 0 atom stereocenters. The van der Waals surface area contributed by atoms with Gasteiger partial charge in [0, 0.05) is 16.5 Å². The molecule has 3 aromatic carbocycles. The summed E-state index contributed by atoms with van der Waals surface area (Å²) in [5.41, 5.74) is 5.58. The minimum absolute atomic E-state index is 0.947. The molecule has 0 unspecified atom stereocenters. The van der Waals surface area contributed by atoms with Crippen molar-refractivity contribution in [2.75, 3.05) is 0 Å². The molecule has 0 spiro atoms. The molecule has 0 saturated heterocycles. The molecule has 0 aliphatic rings. The molecule has 0 aliphatic carbocycles. The van der Waals surface area contributed by atoms with Crippen LogP contribution in [0.5, 0.6) is 0 Å². The smallest absolute Gasteiger partial charge is 0.142 e. The van der Waals surface area contributed by atoms with Gasteiger partial charge in [-0.3, -0.25) is 0 Å². The number of hydrogen-bond donors (Lipinski definition) is 0. The number of furan rings is 1. The van der Waals surface area contributed by atoms with Crippen LogP contribution >= 0.6 is 0 Å². The predicted octanol–water partition coefficient (Wildman–Crippen LogP) is 5.77. The molecular weight excluding hydrogens is 256 g/mol. The Morgan fingerprint density at radius 1 is 0.524 bits per heavy atom. The normalized spacial score (nSPS) is 10.9. The fourth-order valence-electron chi connectivity index (χ4n) is 2.74. The first kappa shape index (κ1) is 12.0. The Hall–Kier alpha value is -2.80. The first-order valence-electron chi connectivity index (χ1n) is 7.04. The lowest BCUT2D eigenvalue weighted by molar-refractivity contribution is 0.618. The summed E-state index contributed by atoms with van der Waals surface area (Å²) in [5, 5.41) is 1.16. The van der Waals surface area contributed by atoms with Gasteiger partial charge in [-0.05, 0) is 11.1 Å². The Labute approximate surface area is 123 Å². The minimum atomic E-state index is 0.947. The zero-order valence-corrected chi connectivity index (χ0v) is 11.5. The molecule has 0 amide bonds. The molecule has 0 bridgehead atoms. The topological polar surface area (TPSA) is 13.1 Å². The summed E-state index contributed by atoms with van der Waals surface area (Å²) in [7, 11) is 0. The molecule has 4 rings (SSSR count). The van der Waals surface area contributed by atoms with E-state index in [4.69, 9.17) is 4.42 Å². The van der Waals surface area contributed by atoms with Crippen molar-refractivity contribution in [2.24, 2.45) is 0 Å². The van der Waals surface area contributed by atoms with E-state index >= 15 is 0 Å². The maximum atomic E-state index is 5.89. The molecular formula is C20H14O. The van der Waals surface area contributed by atoms with E-state index in [9.17, 15) is 0 Å². The van der Waals surface area contributed by atoms with Crippen LogP contribution < -0.4 is 0 Å². The standard InChI is InChI=1S/C20H14O/c1-3-8-15(9-4-1)17-12-7-13-18-19(14-21-20(17)18)16-10-5-2-6-11-16/h1-14H. The molecule has 1 heterocycles. The molecule has 1 aromatic heterocycles. The second-order valence-corrected chi connectivity index (χ2v) is 5.06. The maximum absolute atomic E-state index is 5.89. The fraction of sp³-hybridized carbons (Fsp3) is 0. The van der Waals surface area contributed by atoms with E-state index in [2.05, 4.69) is 66.7 Å². The van der Waals surface area contributed by atoms with Gasteiger partial charge in [0.25, 0.3) is 0 Å². The van der Waals surface area contributed by atoms with E-state index in [1.807, 2.05) is 18.4 Å². The lowest BCUT2D eigenvalue weighted by Crippen LogP contribution is -1.79. The first-order chi connectivity index (χ1) is 10.4. The van der Waals surface area contributed by atoms with E-state index in [1.54, 1.807) is 0 Å². The highest BCUT2D eigenvalue weighted by molar-refractivity contribution is 6.01. The highest BCUT2D eigenvalue weighted by Gasteiger charge is 2.11. The van der Waals surface area contributed by atoms with Crippen LogP contribution in [0, 0.1) is 0 Å². The SMILES string of the molecule is c1ccc(-c2coc3c(-c4ccccc4)cccc23)cc1. The van der Waals surface area contributed by atoms with Crippen molar-refractivity contribution in [2.45, 2.75) is 0 Å². The summed E-state index contributed by atoms with van der Waals surface area (Å²) in [6.07, 6.45) is 1.85. The van der Waals surface area contributed by atoms with Crippen LogP contribution in [0.25, 0.3) is 33.2 Å². The van der Waals surface area contributed by atoms with E-state index < -0.39 is 0 Å². The van der Waals surface area contributed by atoms with Gasteiger partial charge in [0.2, 0.25) is 0 Å². The molecule has 21 heavy (non-hydrogen) atoms. The monoisotopic (exact) mass is 270 g/mol. The zero-order valence-electron chi connectivity index (χ0n) is 11.5. The van der Waals surface area contributed by atoms with Crippen LogP contribution in [0.1, 0.15) is 0 Å². The summed E-state index contributed by atoms with van der Waals surface area (Å²) in [6, 6.07) is 27.0. The van der Waals surface area contributed by atoms with E-state index in [1.165, 1.54) is 11.1 Å². The van der Waals surface area contributed by atoms with Crippen LogP contribution in [-0.4, -0.2) is 0 Å². The quantitative estimate of drug-likeness (QED) is 0.451. The Morgan fingerprint density at radius 3 is 1.81 bits per heavy atom. The summed E-state index contributed by atoms with van der Waals surface area (Å²) >= 11 is 0. The molecule has 1 nitrogen and oxygen atoms in total. The molecule has 0 saturated carbocycles. The van der Waals surface area contributed by atoms with E-state index in [-0.39, 0.29) is 0 Å². The van der Waals surface area contributed by atoms with Crippen molar-refractivity contribution >= 4 is 11.0 Å². The summed E-state index contributed by atoms with van der Waals surface area (Å²) in [4.78, 5) is 0. The Kier molecular flexibility index (Phi) is 2.82. The molecule has 1 heteroatoms. The average Bonchev–Trinajstić information content (AvgIpc) is 3.00. The molecule has 100 valence electrons. The van der Waals surface area contributed by atoms with Crippen molar-refractivity contribution in [3.8, 4) is 22.3 Å². The average molecular weight is 270 g/mol. The summed E-state index contributed by atoms with van der Waals surface area (Å²) in [6.45, 7) is 0. The van der Waals surface area contributed by atoms with Gasteiger partial charge in [-0.15, -0.1) is 0 Å². The largest absolute Gasteiger partial charge is 0.463 e. The van der Waals surface area contributed by atoms with Crippen LogP contribution in [0.2, 0.25) is 0 Å². The third-order valence-electron chi connectivity index (χ3n) is 3.77. The van der Waals surface area contributed by atoms with Gasteiger partial charge in [0.15, 0.2) is 0 Å². The van der Waals surface area contributed by atoms with Gasteiger partial charge < -0.3 is 4.42 Å². The lowest BCUT2D eigenvalue weighted by Gasteiger charge is -2.03.